The molecule has 136 valence electrons. The van der Waals surface area contributed by atoms with Crippen LogP contribution in [0.1, 0.15) is 27.5 Å². The Kier molecular flexibility index (Phi) is 4.81. The van der Waals surface area contributed by atoms with Gasteiger partial charge in [-0.1, -0.05) is 12.1 Å². The van der Waals surface area contributed by atoms with Gasteiger partial charge in [0.15, 0.2) is 0 Å². The van der Waals surface area contributed by atoms with E-state index in [1.54, 1.807) is 44.2 Å². The van der Waals surface area contributed by atoms with Gasteiger partial charge in [-0.25, -0.2) is 8.42 Å². The summed E-state index contributed by atoms with van der Waals surface area (Å²) < 4.78 is 33.1. The number of carbonyl (C=O) groups is 1. The number of nitrogens with one attached hydrogen (secondary N) is 3. The summed E-state index contributed by atoms with van der Waals surface area (Å²) in [5.41, 5.74) is 1.18. The molecule has 1 amide bonds. The zero-order chi connectivity index (χ0) is 18.7. The summed E-state index contributed by atoms with van der Waals surface area (Å²) in [6, 6.07) is 9.84. The van der Waals surface area contributed by atoms with Gasteiger partial charge in [0, 0.05) is 0 Å². The molecule has 0 radical (unpaired) electrons. The number of hydrogen-bond acceptors (Lipinski definition) is 5. The monoisotopic (exact) mass is 374 g/mol. The molecule has 0 saturated carbocycles. The van der Waals surface area contributed by atoms with Crippen LogP contribution in [-0.2, 0) is 16.6 Å². The lowest BCUT2D eigenvalue weighted by molar-refractivity contribution is 0.0949. The molecule has 3 rings (SSSR count). The molecule has 2 aromatic heterocycles. The van der Waals surface area contributed by atoms with Crippen LogP contribution in [0, 0.1) is 13.8 Å². The van der Waals surface area contributed by atoms with E-state index in [9.17, 15) is 13.2 Å². The number of aromatic amines is 1. The fraction of sp³-hybridized carbons (Fsp3) is 0.176. The molecule has 1 aromatic carbocycles. The Morgan fingerprint density at radius 3 is 2.62 bits per heavy atom. The van der Waals surface area contributed by atoms with Crippen molar-refractivity contribution in [2.24, 2.45) is 0 Å². The third-order valence-corrected chi connectivity index (χ3v) is 5.38. The summed E-state index contributed by atoms with van der Waals surface area (Å²) in [4.78, 5) is 12.5. The summed E-state index contributed by atoms with van der Waals surface area (Å²) in [7, 11) is -3.89. The maximum absolute atomic E-state index is 12.7. The average Bonchev–Trinajstić information content (AvgIpc) is 3.22. The normalized spacial score (nSPS) is 11.3. The Morgan fingerprint density at radius 1 is 1.19 bits per heavy atom. The topological polar surface area (TPSA) is 117 Å². The molecule has 0 aliphatic carbocycles. The molecular weight excluding hydrogens is 356 g/mol. The van der Waals surface area contributed by atoms with Gasteiger partial charge in [-0.15, -0.1) is 0 Å². The quantitative estimate of drug-likeness (QED) is 0.612. The zero-order valence-electron chi connectivity index (χ0n) is 14.2. The Morgan fingerprint density at radius 2 is 1.96 bits per heavy atom. The van der Waals surface area contributed by atoms with E-state index >= 15 is 0 Å². The van der Waals surface area contributed by atoms with Crippen molar-refractivity contribution in [1.29, 1.82) is 0 Å². The van der Waals surface area contributed by atoms with Gasteiger partial charge in [0.2, 0.25) is 0 Å². The number of sulfonamides is 1. The average molecular weight is 374 g/mol. The van der Waals surface area contributed by atoms with Crippen molar-refractivity contribution in [2.45, 2.75) is 25.3 Å². The fourth-order valence-electron chi connectivity index (χ4n) is 2.58. The highest BCUT2D eigenvalue weighted by atomic mass is 32.2. The number of rotatable bonds is 6. The van der Waals surface area contributed by atoms with Crippen molar-refractivity contribution in [3.8, 4) is 0 Å². The number of H-pyrrole nitrogens is 1. The number of carbonyl (C=O) groups excluding carboxylic acids is 1. The SMILES string of the molecule is Cc1n[nH]c(C)c1S(=O)(=O)Nc1ccccc1C(=O)NCc1ccco1. The van der Waals surface area contributed by atoms with Gasteiger partial charge in [-0.3, -0.25) is 14.6 Å². The first-order valence-corrected chi connectivity index (χ1v) is 9.31. The van der Waals surface area contributed by atoms with Crippen molar-refractivity contribution in [2.75, 3.05) is 4.72 Å². The minimum absolute atomic E-state index is 0.0725. The predicted octanol–water partition coefficient (Wildman–Crippen LogP) is 2.35. The molecule has 0 spiro atoms. The van der Waals surface area contributed by atoms with E-state index < -0.39 is 15.9 Å². The second kappa shape index (κ2) is 7.04. The minimum Gasteiger partial charge on any atom is -0.467 e. The molecule has 0 atom stereocenters. The molecule has 0 aliphatic rings. The highest BCUT2D eigenvalue weighted by Crippen LogP contribution is 2.23. The molecule has 2 heterocycles. The standard InChI is InChI=1S/C17H18N4O4S/c1-11-16(12(2)20-19-11)26(23,24)21-15-8-4-3-7-14(15)17(22)18-10-13-6-5-9-25-13/h3-9,21H,10H2,1-2H3,(H,18,22)(H,19,20). The van der Waals surface area contributed by atoms with Crippen LogP contribution < -0.4 is 10.0 Å². The largest absolute Gasteiger partial charge is 0.467 e. The molecule has 8 nitrogen and oxygen atoms in total. The van der Waals surface area contributed by atoms with Gasteiger partial charge >= 0.3 is 0 Å². The van der Waals surface area contributed by atoms with Crippen LogP contribution in [0.2, 0.25) is 0 Å². The van der Waals surface area contributed by atoms with Gasteiger partial charge in [0.1, 0.15) is 10.7 Å². The van der Waals surface area contributed by atoms with Gasteiger partial charge < -0.3 is 9.73 Å². The minimum atomic E-state index is -3.89. The third kappa shape index (κ3) is 3.62. The summed E-state index contributed by atoms with van der Waals surface area (Å²) >= 11 is 0. The van der Waals surface area contributed by atoms with Crippen LogP contribution in [0.25, 0.3) is 0 Å². The summed E-state index contributed by atoms with van der Waals surface area (Å²) in [5, 5.41) is 9.25. The molecule has 0 bridgehead atoms. The van der Waals surface area contributed by atoms with E-state index in [-0.39, 0.29) is 22.7 Å². The molecule has 9 heteroatoms. The van der Waals surface area contributed by atoms with Crippen molar-refractivity contribution in [1.82, 2.24) is 15.5 Å². The van der Waals surface area contributed by atoms with Crippen LogP contribution in [0.5, 0.6) is 0 Å². The Balaban J connectivity index is 1.84. The number of anilines is 1. The van der Waals surface area contributed by atoms with E-state index in [2.05, 4.69) is 20.2 Å². The van der Waals surface area contributed by atoms with Crippen molar-refractivity contribution >= 4 is 21.6 Å². The molecule has 3 aromatic rings. The van der Waals surface area contributed by atoms with Gasteiger partial charge in [-0.05, 0) is 38.1 Å². The summed E-state index contributed by atoms with van der Waals surface area (Å²) in [6.07, 6.45) is 1.51. The van der Waals surface area contributed by atoms with E-state index in [0.29, 0.717) is 17.1 Å². The first kappa shape index (κ1) is 17.7. The fourth-order valence-corrected chi connectivity index (χ4v) is 4.03. The smallest absolute Gasteiger partial charge is 0.265 e. The van der Waals surface area contributed by atoms with Crippen LogP contribution in [0.3, 0.4) is 0 Å². The highest BCUT2D eigenvalue weighted by Gasteiger charge is 2.24. The second-order valence-electron chi connectivity index (χ2n) is 5.68. The van der Waals surface area contributed by atoms with Gasteiger partial charge in [0.05, 0.1) is 35.4 Å². The number of aromatic nitrogens is 2. The van der Waals surface area contributed by atoms with Crippen LogP contribution in [0.15, 0.2) is 52.0 Å². The number of aryl methyl sites for hydroxylation is 2. The molecule has 0 saturated heterocycles. The van der Waals surface area contributed by atoms with Crippen molar-refractivity contribution < 1.29 is 17.6 Å². The summed E-state index contributed by atoms with van der Waals surface area (Å²) in [6.45, 7) is 3.42. The lowest BCUT2D eigenvalue weighted by Gasteiger charge is -2.12. The molecule has 26 heavy (non-hydrogen) atoms. The number of hydrogen-bond donors (Lipinski definition) is 3. The predicted molar refractivity (Wildman–Crippen MR) is 95.2 cm³/mol. The molecule has 3 N–H and O–H groups in total. The van der Waals surface area contributed by atoms with E-state index in [1.807, 2.05) is 0 Å². The maximum atomic E-state index is 12.7. The van der Waals surface area contributed by atoms with E-state index in [1.165, 1.54) is 12.3 Å². The number of amides is 1. The molecule has 0 fully saturated rings. The number of benzene rings is 1. The number of furan rings is 1. The lowest BCUT2D eigenvalue weighted by atomic mass is 10.1. The lowest BCUT2D eigenvalue weighted by Crippen LogP contribution is -2.25. The summed E-state index contributed by atoms with van der Waals surface area (Å²) in [5.74, 6) is 0.182. The van der Waals surface area contributed by atoms with Crippen LogP contribution >= 0.6 is 0 Å². The first-order valence-electron chi connectivity index (χ1n) is 7.82. The highest BCUT2D eigenvalue weighted by molar-refractivity contribution is 7.92. The second-order valence-corrected chi connectivity index (χ2v) is 7.30. The Labute approximate surface area is 150 Å². The molecule has 0 unspecified atom stereocenters. The number of para-hydroxylation sites is 1. The van der Waals surface area contributed by atoms with E-state index in [4.69, 9.17) is 4.42 Å². The van der Waals surface area contributed by atoms with Gasteiger partial charge in [-0.2, -0.15) is 5.10 Å². The first-order chi connectivity index (χ1) is 12.4. The Hall–Kier alpha value is -3.07. The van der Waals surface area contributed by atoms with Crippen molar-refractivity contribution in [3.63, 3.8) is 0 Å². The molecule has 0 aliphatic heterocycles. The van der Waals surface area contributed by atoms with Gasteiger partial charge in [0.25, 0.3) is 15.9 Å². The third-order valence-electron chi connectivity index (χ3n) is 3.75. The maximum Gasteiger partial charge on any atom is 0.265 e. The van der Waals surface area contributed by atoms with Crippen molar-refractivity contribution in [3.05, 3.63) is 65.4 Å². The Bertz CT molecular complexity index is 1000. The van der Waals surface area contributed by atoms with Crippen LogP contribution in [-0.4, -0.2) is 24.5 Å². The van der Waals surface area contributed by atoms with E-state index in [0.717, 1.165) is 0 Å². The molecular formula is C17H18N4O4S. The number of nitrogens with zero attached hydrogens (tertiary/aromatic N) is 1. The van der Waals surface area contributed by atoms with Crippen LogP contribution in [0.4, 0.5) is 5.69 Å². The zero-order valence-corrected chi connectivity index (χ0v) is 15.1.